The summed E-state index contributed by atoms with van der Waals surface area (Å²) in [5.41, 5.74) is 3.98. The number of aryl methyl sites for hydroxylation is 1. The average Bonchev–Trinajstić information content (AvgIpc) is 2.50. The highest BCUT2D eigenvalue weighted by atomic mass is 16.5. The molecule has 0 heterocycles. The molecule has 2 nitrogen and oxygen atoms in total. The van der Waals surface area contributed by atoms with E-state index in [1.165, 1.54) is 29.7 Å². The fraction of sp³-hybridized carbons (Fsp3) is 0.368. The van der Waals surface area contributed by atoms with Crippen molar-refractivity contribution in [2.24, 2.45) is 0 Å². The standard InChI is InChI=1S/C19H23NO/c1-3-14-7-6-8-16(11-14)20-17-12-15(13-17)18-9-4-5-10-19(18)21-2/h4-11,15,17,20H,3,12-13H2,1-2H3. The first kappa shape index (κ1) is 14.0. The van der Waals surface area contributed by atoms with Gasteiger partial charge in [0.15, 0.2) is 0 Å². The summed E-state index contributed by atoms with van der Waals surface area (Å²) in [5.74, 6) is 1.64. The number of hydrogen-bond donors (Lipinski definition) is 1. The molecule has 0 bridgehead atoms. The third-order valence-corrected chi connectivity index (χ3v) is 4.42. The summed E-state index contributed by atoms with van der Waals surface area (Å²) in [4.78, 5) is 0. The molecule has 1 fully saturated rings. The average molecular weight is 281 g/mol. The van der Waals surface area contributed by atoms with Crippen molar-refractivity contribution in [3.63, 3.8) is 0 Å². The van der Waals surface area contributed by atoms with E-state index in [1.807, 2.05) is 6.07 Å². The Hall–Kier alpha value is -1.96. The minimum absolute atomic E-state index is 0.576. The van der Waals surface area contributed by atoms with E-state index in [9.17, 15) is 0 Å². The van der Waals surface area contributed by atoms with E-state index in [0.717, 1.165) is 12.2 Å². The van der Waals surface area contributed by atoms with Gasteiger partial charge < -0.3 is 10.1 Å². The van der Waals surface area contributed by atoms with Crippen LogP contribution in [-0.4, -0.2) is 13.2 Å². The van der Waals surface area contributed by atoms with E-state index in [0.29, 0.717) is 12.0 Å². The smallest absolute Gasteiger partial charge is 0.122 e. The Morgan fingerprint density at radius 3 is 2.67 bits per heavy atom. The minimum Gasteiger partial charge on any atom is -0.496 e. The Labute approximate surface area is 127 Å². The molecule has 110 valence electrons. The summed E-state index contributed by atoms with van der Waals surface area (Å²) in [5, 5.41) is 3.65. The molecule has 1 N–H and O–H groups in total. The Morgan fingerprint density at radius 1 is 1.10 bits per heavy atom. The van der Waals surface area contributed by atoms with Crippen LogP contribution < -0.4 is 10.1 Å². The SMILES string of the molecule is CCc1cccc(NC2CC(c3ccccc3OC)C2)c1. The maximum absolute atomic E-state index is 5.47. The Bertz CT molecular complexity index is 602. The molecular weight excluding hydrogens is 258 g/mol. The maximum atomic E-state index is 5.47. The Balaban J connectivity index is 1.60. The van der Waals surface area contributed by atoms with Crippen LogP contribution in [0.2, 0.25) is 0 Å². The highest BCUT2D eigenvalue weighted by Gasteiger charge is 2.31. The number of methoxy groups -OCH3 is 1. The number of benzene rings is 2. The molecule has 21 heavy (non-hydrogen) atoms. The quantitative estimate of drug-likeness (QED) is 0.863. The van der Waals surface area contributed by atoms with Crippen LogP contribution in [-0.2, 0) is 6.42 Å². The van der Waals surface area contributed by atoms with Crippen molar-refractivity contribution >= 4 is 5.69 Å². The molecule has 3 rings (SSSR count). The fourth-order valence-corrected chi connectivity index (χ4v) is 3.11. The third kappa shape index (κ3) is 3.05. The van der Waals surface area contributed by atoms with Crippen LogP contribution in [0.4, 0.5) is 5.69 Å². The molecule has 0 aromatic heterocycles. The molecule has 0 atom stereocenters. The zero-order chi connectivity index (χ0) is 14.7. The second-order valence-electron chi connectivity index (χ2n) is 5.81. The summed E-state index contributed by atoms with van der Waals surface area (Å²) in [6.07, 6.45) is 3.44. The summed E-state index contributed by atoms with van der Waals surface area (Å²) in [7, 11) is 1.75. The molecule has 1 saturated carbocycles. The van der Waals surface area contributed by atoms with Gasteiger partial charge in [0, 0.05) is 11.7 Å². The number of ether oxygens (including phenoxy) is 1. The van der Waals surface area contributed by atoms with Crippen LogP contribution in [0.1, 0.15) is 36.8 Å². The highest BCUT2D eigenvalue weighted by Crippen LogP contribution is 2.42. The summed E-state index contributed by atoms with van der Waals surface area (Å²) >= 11 is 0. The van der Waals surface area contributed by atoms with Crippen molar-refractivity contribution in [2.75, 3.05) is 12.4 Å². The number of rotatable bonds is 5. The largest absolute Gasteiger partial charge is 0.496 e. The van der Waals surface area contributed by atoms with E-state index in [4.69, 9.17) is 4.74 Å². The molecule has 2 aromatic carbocycles. The monoisotopic (exact) mass is 281 g/mol. The molecule has 0 aliphatic heterocycles. The molecule has 0 amide bonds. The van der Waals surface area contributed by atoms with Crippen LogP contribution in [0.3, 0.4) is 0 Å². The van der Waals surface area contributed by atoms with E-state index < -0.39 is 0 Å². The molecular formula is C19H23NO. The van der Waals surface area contributed by atoms with Crippen LogP contribution in [0.25, 0.3) is 0 Å². The topological polar surface area (TPSA) is 21.3 Å². The first-order valence-corrected chi connectivity index (χ1v) is 7.78. The van der Waals surface area contributed by atoms with Crippen LogP contribution in [0.5, 0.6) is 5.75 Å². The van der Waals surface area contributed by atoms with Gasteiger partial charge >= 0.3 is 0 Å². The molecule has 0 spiro atoms. The van der Waals surface area contributed by atoms with Gasteiger partial charge in [0.2, 0.25) is 0 Å². The third-order valence-electron chi connectivity index (χ3n) is 4.42. The van der Waals surface area contributed by atoms with Gasteiger partial charge in [-0.3, -0.25) is 0 Å². The normalized spacial score (nSPS) is 20.7. The molecule has 0 saturated heterocycles. The van der Waals surface area contributed by atoms with Crippen LogP contribution in [0, 0.1) is 0 Å². The van der Waals surface area contributed by atoms with Crippen molar-refractivity contribution in [1.82, 2.24) is 0 Å². The first-order valence-electron chi connectivity index (χ1n) is 7.78. The van der Waals surface area contributed by atoms with Gasteiger partial charge in [-0.05, 0) is 54.5 Å². The van der Waals surface area contributed by atoms with Crippen LogP contribution >= 0.6 is 0 Å². The second-order valence-corrected chi connectivity index (χ2v) is 5.81. The van der Waals surface area contributed by atoms with Gasteiger partial charge in [-0.15, -0.1) is 0 Å². The van der Waals surface area contributed by atoms with Gasteiger partial charge in [0.05, 0.1) is 7.11 Å². The molecule has 1 aliphatic carbocycles. The lowest BCUT2D eigenvalue weighted by molar-refractivity contribution is 0.350. The fourth-order valence-electron chi connectivity index (χ4n) is 3.11. The van der Waals surface area contributed by atoms with E-state index in [2.05, 4.69) is 54.7 Å². The molecule has 1 aliphatic rings. The van der Waals surface area contributed by atoms with Crippen molar-refractivity contribution in [1.29, 1.82) is 0 Å². The minimum atomic E-state index is 0.576. The Kier molecular flexibility index (Phi) is 4.14. The number of anilines is 1. The lowest BCUT2D eigenvalue weighted by Crippen LogP contribution is -2.34. The zero-order valence-corrected chi connectivity index (χ0v) is 12.8. The van der Waals surface area contributed by atoms with Gasteiger partial charge in [0.25, 0.3) is 0 Å². The lowest BCUT2D eigenvalue weighted by atomic mass is 9.75. The summed E-state index contributed by atoms with van der Waals surface area (Å²) in [6, 6.07) is 17.7. The predicted molar refractivity (Wildman–Crippen MR) is 88.2 cm³/mol. The van der Waals surface area contributed by atoms with Gasteiger partial charge in [-0.1, -0.05) is 37.3 Å². The zero-order valence-electron chi connectivity index (χ0n) is 12.8. The summed E-state index contributed by atoms with van der Waals surface area (Å²) < 4.78 is 5.47. The summed E-state index contributed by atoms with van der Waals surface area (Å²) in [6.45, 7) is 2.19. The van der Waals surface area contributed by atoms with Crippen molar-refractivity contribution < 1.29 is 4.74 Å². The maximum Gasteiger partial charge on any atom is 0.122 e. The van der Waals surface area contributed by atoms with E-state index in [-0.39, 0.29) is 0 Å². The van der Waals surface area contributed by atoms with Gasteiger partial charge in [0.1, 0.15) is 5.75 Å². The number of para-hydroxylation sites is 1. The Morgan fingerprint density at radius 2 is 1.90 bits per heavy atom. The van der Waals surface area contributed by atoms with E-state index in [1.54, 1.807) is 7.11 Å². The first-order chi connectivity index (χ1) is 10.3. The van der Waals surface area contributed by atoms with Crippen molar-refractivity contribution in [3.05, 3.63) is 59.7 Å². The van der Waals surface area contributed by atoms with Crippen molar-refractivity contribution in [2.45, 2.75) is 38.1 Å². The predicted octanol–water partition coefficient (Wildman–Crippen LogP) is 4.62. The van der Waals surface area contributed by atoms with Crippen LogP contribution in [0.15, 0.2) is 48.5 Å². The highest BCUT2D eigenvalue weighted by molar-refractivity contribution is 5.48. The molecule has 2 aromatic rings. The van der Waals surface area contributed by atoms with Gasteiger partial charge in [-0.25, -0.2) is 0 Å². The number of hydrogen-bond acceptors (Lipinski definition) is 2. The number of nitrogens with one attached hydrogen (secondary N) is 1. The van der Waals surface area contributed by atoms with Crippen molar-refractivity contribution in [3.8, 4) is 5.75 Å². The molecule has 0 radical (unpaired) electrons. The van der Waals surface area contributed by atoms with Gasteiger partial charge in [-0.2, -0.15) is 0 Å². The molecule has 2 heteroatoms. The molecule has 0 unspecified atom stereocenters. The lowest BCUT2D eigenvalue weighted by Gasteiger charge is -2.37. The second kappa shape index (κ2) is 6.21. The van der Waals surface area contributed by atoms with E-state index >= 15 is 0 Å².